The van der Waals surface area contributed by atoms with Crippen LogP contribution in [0.2, 0.25) is 5.02 Å². The average molecular weight is 280 g/mol. The van der Waals surface area contributed by atoms with Gasteiger partial charge in [0.2, 0.25) is 0 Å². The van der Waals surface area contributed by atoms with Crippen LogP contribution in [0.15, 0.2) is 29.3 Å². The summed E-state index contributed by atoms with van der Waals surface area (Å²) in [5.41, 5.74) is 1.28. The van der Waals surface area contributed by atoms with Crippen molar-refractivity contribution < 1.29 is 0 Å². The maximum Gasteiger partial charge on any atom is 0.190 e. The van der Waals surface area contributed by atoms with Crippen molar-refractivity contribution in [2.24, 2.45) is 10.9 Å². The Kier molecular flexibility index (Phi) is 5.52. The normalized spacial score (nSPS) is 15.4. The topological polar surface area (TPSA) is 36.4 Å². The van der Waals surface area contributed by atoms with Crippen LogP contribution in [0.1, 0.15) is 24.8 Å². The number of halogens is 1. The fourth-order valence-electron chi connectivity index (χ4n) is 2.00. The van der Waals surface area contributed by atoms with Gasteiger partial charge in [0.15, 0.2) is 5.96 Å². The van der Waals surface area contributed by atoms with Gasteiger partial charge in [-0.1, -0.05) is 36.6 Å². The van der Waals surface area contributed by atoms with Gasteiger partial charge in [0.05, 0.1) is 0 Å². The molecule has 0 bridgehead atoms. The SMILES string of the molecule is CN=C(NCCc1ccc(Cl)cc1)NCCC1CC1. The van der Waals surface area contributed by atoms with Crippen LogP contribution >= 0.6 is 11.6 Å². The highest BCUT2D eigenvalue weighted by molar-refractivity contribution is 6.30. The summed E-state index contributed by atoms with van der Waals surface area (Å²) in [6.07, 6.45) is 5.05. The van der Waals surface area contributed by atoms with Crippen molar-refractivity contribution in [2.75, 3.05) is 20.1 Å². The van der Waals surface area contributed by atoms with Crippen LogP contribution in [0.25, 0.3) is 0 Å². The van der Waals surface area contributed by atoms with Gasteiger partial charge >= 0.3 is 0 Å². The summed E-state index contributed by atoms with van der Waals surface area (Å²) in [7, 11) is 1.81. The van der Waals surface area contributed by atoms with E-state index in [0.717, 1.165) is 36.4 Å². The summed E-state index contributed by atoms with van der Waals surface area (Å²) in [5, 5.41) is 7.47. The lowest BCUT2D eigenvalue weighted by atomic mass is 10.1. The van der Waals surface area contributed by atoms with Crippen molar-refractivity contribution in [3.8, 4) is 0 Å². The predicted molar refractivity (Wildman–Crippen MR) is 81.9 cm³/mol. The van der Waals surface area contributed by atoms with Gasteiger partial charge in [-0.3, -0.25) is 4.99 Å². The van der Waals surface area contributed by atoms with Gasteiger partial charge < -0.3 is 10.6 Å². The van der Waals surface area contributed by atoms with Gasteiger partial charge in [0, 0.05) is 25.2 Å². The van der Waals surface area contributed by atoms with Crippen LogP contribution in [0, 0.1) is 5.92 Å². The Balaban J connectivity index is 1.63. The Morgan fingerprint density at radius 1 is 1.21 bits per heavy atom. The lowest BCUT2D eigenvalue weighted by Gasteiger charge is -2.11. The van der Waals surface area contributed by atoms with E-state index in [4.69, 9.17) is 11.6 Å². The average Bonchev–Trinajstić information content (AvgIpc) is 3.23. The monoisotopic (exact) mass is 279 g/mol. The molecule has 1 aliphatic carbocycles. The third-order valence-electron chi connectivity index (χ3n) is 3.38. The molecule has 4 heteroatoms. The first-order valence-electron chi connectivity index (χ1n) is 6.97. The second kappa shape index (κ2) is 7.39. The van der Waals surface area contributed by atoms with Gasteiger partial charge in [-0.2, -0.15) is 0 Å². The quantitative estimate of drug-likeness (QED) is 0.621. The fourth-order valence-corrected chi connectivity index (χ4v) is 2.12. The molecular weight excluding hydrogens is 258 g/mol. The highest BCUT2D eigenvalue weighted by atomic mass is 35.5. The molecule has 2 N–H and O–H groups in total. The maximum atomic E-state index is 5.86. The summed E-state index contributed by atoms with van der Waals surface area (Å²) in [5.74, 6) is 1.86. The van der Waals surface area contributed by atoms with Gasteiger partial charge in [-0.05, 0) is 36.5 Å². The molecule has 1 saturated carbocycles. The molecule has 0 spiro atoms. The Morgan fingerprint density at radius 2 is 1.89 bits per heavy atom. The Labute approximate surface area is 120 Å². The number of nitrogens with zero attached hydrogens (tertiary/aromatic N) is 1. The van der Waals surface area contributed by atoms with Crippen LogP contribution in [-0.2, 0) is 6.42 Å². The van der Waals surface area contributed by atoms with Crippen molar-refractivity contribution in [3.05, 3.63) is 34.9 Å². The summed E-state index contributed by atoms with van der Waals surface area (Å²) < 4.78 is 0. The number of guanidine groups is 1. The van der Waals surface area contributed by atoms with E-state index in [-0.39, 0.29) is 0 Å². The Morgan fingerprint density at radius 3 is 2.53 bits per heavy atom. The van der Waals surface area contributed by atoms with Gasteiger partial charge in [-0.15, -0.1) is 0 Å². The van der Waals surface area contributed by atoms with E-state index in [0.29, 0.717) is 0 Å². The highest BCUT2D eigenvalue weighted by Gasteiger charge is 2.20. The first kappa shape index (κ1) is 14.2. The zero-order valence-corrected chi connectivity index (χ0v) is 12.2. The summed E-state index contributed by atoms with van der Waals surface area (Å²) in [6, 6.07) is 7.99. The van der Waals surface area contributed by atoms with E-state index in [9.17, 15) is 0 Å². The molecule has 0 aliphatic heterocycles. The highest BCUT2D eigenvalue weighted by Crippen LogP contribution is 2.31. The first-order chi connectivity index (χ1) is 9.28. The molecule has 2 rings (SSSR count). The first-order valence-corrected chi connectivity index (χ1v) is 7.34. The minimum Gasteiger partial charge on any atom is -0.356 e. The number of hydrogen-bond acceptors (Lipinski definition) is 1. The van der Waals surface area contributed by atoms with Crippen molar-refractivity contribution in [2.45, 2.75) is 25.7 Å². The molecule has 0 aromatic heterocycles. The molecule has 104 valence electrons. The molecule has 1 aromatic rings. The smallest absolute Gasteiger partial charge is 0.190 e. The van der Waals surface area contributed by atoms with Crippen LogP contribution in [-0.4, -0.2) is 26.1 Å². The van der Waals surface area contributed by atoms with Gasteiger partial charge in [-0.25, -0.2) is 0 Å². The molecule has 1 aliphatic rings. The number of nitrogens with one attached hydrogen (secondary N) is 2. The second-order valence-electron chi connectivity index (χ2n) is 5.03. The number of benzene rings is 1. The second-order valence-corrected chi connectivity index (χ2v) is 5.47. The Bertz CT molecular complexity index is 410. The van der Waals surface area contributed by atoms with E-state index in [1.165, 1.54) is 24.8 Å². The molecular formula is C15H22ClN3. The number of rotatable bonds is 6. The lowest BCUT2D eigenvalue weighted by molar-refractivity contribution is 0.684. The van der Waals surface area contributed by atoms with Crippen molar-refractivity contribution in [1.29, 1.82) is 0 Å². The van der Waals surface area contributed by atoms with E-state index >= 15 is 0 Å². The minimum absolute atomic E-state index is 0.786. The van der Waals surface area contributed by atoms with E-state index in [2.05, 4.69) is 27.8 Å². The fraction of sp³-hybridized carbons (Fsp3) is 0.533. The van der Waals surface area contributed by atoms with E-state index in [1.54, 1.807) is 0 Å². The molecule has 0 saturated heterocycles. The third-order valence-corrected chi connectivity index (χ3v) is 3.64. The standard InChI is InChI=1S/C15H22ClN3/c1-17-15(18-10-8-12-2-3-12)19-11-9-13-4-6-14(16)7-5-13/h4-7,12H,2-3,8-11H2,1H3,(H2,17,18,19). The predicted octanol–water partition coefficient (Wildman–Crippen LogP) is 2.85. The summed E-state index contributed by atoms with van der Waals surface area (Å²) >= 11 is 5.86. The largest absolute Gasteiger partial charge is 0.356 e. The van der Waals surface area contributed by atoms with Gasteiger partial charge in [0.1, 0.15) is 0 Å². The summed E-state index contributed by atoms with van der Waals surface area (Å²) in [4.78, 5) is 4.22. The molecule has 0 amide bonds. The van der Waals surface area contributed by atoms with E-state index < -0.39 is 0 Å². The van der Waals surface area contributed by atoms with Crippen molar-refractivity contribution in [3.63, 3.8) is 0 Å². The lowest BCUT2D eigenvalue weighted by Crippen LogP contribution is -2.38. The molecule has 0 unspecified atom stereocenters. The molecule has 1 aromatic carbocycles. The van der Waals surface area contributed by atoms with Crippen molar-refractivity contribution >= 4 is 17.6 Å². The molecule has 0 atom stereocenters. The Hall–Kier alpha value is -1.22. The molecule has 3 nitrogen and oxygen atoms in total. The minimum atomic E-state index is 0.786. The van der Waals surface area contributed by atoms with E-state index in [1.807, 2.05) is 19.2 Å². The molecule has 1 fully saturated rings. The summed E-state index contributed by atoms with van der Waals surface area (Å²) in [6.45, 7) is 1.90. The van der Waals surface area contributed by atoms with Crippen molar-refractivity contribution in [1.82, 2.24) is 10.6 Å². The number of hydrogen-bond donors (Lipinski definition) is 2. The van der Waals surface area contributed by atoms with Crippen LogP contribution in [0.4, 0.5) is 0 Å². The molecule has 19 heavy (non-hydrogen) atoms. The van der Waals surface area contributed by atoms with Crippen LogP contribution in [0.3, 0.4) is 0 Å². The zero-order chi connectivity index (χ0) is 13.5. The number of aliphatic imine (C=N–C) groups is 1. The zero-order valence-electron chi connectivity index (χ0n) is 11.5. The molecule has 0 heterocycles. The third kappa shape index (κ3) is 5.52. The van der Waals surface area contributed by atoms with Crippen LogP contribution < -0.4 is 10.6 Å². The maximum absolute atomic E-state index is 5.86. The molecule has 0 radical (unpaired) electrons. The van der Waals surface area contributed by atoms with Crippen LogP contribution in [0.5, 0.6) is 0 Å². The van der Waals surface area contributed by atoms with Gasteiger partial charge in [0.25, 0.3) is 0 Å².